The Labute approximate surface area is 145 Å². The topological polar surface area (TPSA) is 46.2 Å². The van der Waals surface area contributed by atoms with Gasteiger partial charge in [-0.05, 0) is 47.7 Å². The van der Waals surface area contributed by atoms with Gasteiger partial charge in [-0.2, -0.15) is 13.2 Å². The van der Waals surface area contributed by atoms with Crippen LogP contribution in [0.2, 0.25) is 0 Å². The number of hydrogen-bond donors (Lipinski definition) is 1. The molecule has 7 heteroatoms. The lowest BCUT2D eigenvalue weighted by Crippen LogP contribution is -2.19. The Morgan fingerprint density at radius 3 is 2.04 bits per heavy atom. The second-order valence-electron chi connectivity index (χ2n) is 6.88. The highest BCUT2D eigenvalue weighted by molar-refractivity contribution is 7.92. The van der Waals surface area contributed by atoms with Gasteiger partial charge in [-0.15, -0.1) is 0 Å². The minimum absolute atomic E-state index is 0.121. The van der Waals surface area contributed by atoms with Crippen molar-refractivity contribution in [1.29, 1.82) is 0 Å². The zero-order valence-corrected chi connectivity index (χ0v) is 15.2. The van der Waals surface area contributed by atoms with Crippen LogP contribution in [0.5, 0.6) is 0 Å². The summed E-state index contributed by atoms with van der Waals surface area (Å²) in [6.07, 6.45) is -4.75. The SMILES string of the molecule is Cc1cc(NS(=O)(=O)c2ccccc2C(F)(F)F)ccc1C(C)(C)C. The van der Waals surface area contributed by atoms with E-state index in [1.54, 1.807) is 18.2 Å². The zero-order chi connectivity index (χ0) is 19.0. The minimum Gasteiger partial charge on any atom is -0.280 e. The monoisotopic (exact) mass is 371 g/mol. The Balaban J connectivity index is 2.43. The van der Waals surface area contributed by atoms with E-state index in [0.717, 1.165) is 29.3 Å². The second-order valence-corrected chi connectivity index (χ2v) is 8.53. The summed E-state index contributed by atoms with van der Waals surface area (Å²) < 4.78 is 66.4. The fourth-order valence-electron chi connectivity index (χ4n) is 2.71. The van der Waals surface area contributed by atoms with Crippen molar-refractivity contribution in [3.63, 3.8) is 0 Å². The summed E-state index contributed by atoms with van der Waals surface area (Å²) in [5, 5.41) is 0. The van der Waals surface area contributed by atoms with E-state index in [0.29, 0.717) is 0 Å². The summed E-state index contributed by atoms with van der Waals surface area (Å²) in [6.45, 7) is 7.91. The molecule has 0 aliphatic carbocycles. The molecule has 0 saturated heterocycles. The Morgan fingerprint density at radius 1 is 0.920 bits per heavy atom. The number of anilines is 1. The number of nitrogens with one attached hydrogen (secondary N) is 1. The average molecular weight is 371 g/mol. The van der Waals surface area contributed by atoms with Gasteiger partial charge in [-0.25, -0.2) is 8.42 Å². The smallest absolute Gasteiger partial charge is 0.280 e. The first-order valence-electron chi connectivity index (χ1n) is 7.62. The average Bonchev–Trinajstić information content (AvgIpc) is 2.44. The van der Waals surface area contributed by atoms with Crippen molar-refractivity contribution in [3.8, 4) is 0 Å². The number of halogens is 3. The maximum absolute atomic E-state index is 13.1. The molecule has 2 aromatic carbocycles. The molecule has 0 spiro atoms. The van der Waals surface area contributed by atoms with Crippen LogP contribution in [0, 0.1) is 6.92 Å². The molecule has 25 heavy (non-hydrogen) atoms. The number of sulfonamides is 1. The number of hydrogen-bond acceptors (Lipinski definition) is 2. The van der Waals surface area contributed by atoms with Gasteiger partial charge in [0.05, 0.1) is 10.5 Å². The Hall–Kier alpha value is -2.02. The predicted octanol–water partition coefficient (Wildman–Crippen LogP) is 5.11. The molecule has 0 amide bonds. The standard InChI is InChI=1S/C18H20F3NO2S/c1-12-11-13(9-10-14(12)17(2,3)4)22-25(23,24)16-8-6-5-7-15(16)18(19,20)21/h5-11,22H,1-4H3. The lowest BCUT2D eigenvalue weighted by molar-refractivity contribution is -0.139. The van der Waals surface area contributed by atoms with Gasteiger partial charge in [0, 0.05) is 5.69 Å². The molecular formula is C18H20F3NO2S. The zero-order valence-electron chi connectivity index (χ0n) is 14.4. The highest BCUT2D eigenvalue weighted by Crippen LogP contribution is 2.35. The van der Waals surface area contributed by atoms with Crippen LogP contribution in [0.15, 0.2) is 47.4 Å². The molecule has 1 N–H and O–H groups in total. The normalized spacial score (nSPS) is 12.9. The maximum atomic E-state index is 13.1. The van der Waals surface area contributed by atoms with E-state index >= 15 is 0 Å². The second kappa shape index (κ2) is 6.37. The molecule has 0 saturated carbocycles. The Morgan fingerprint density at radius 2 is 1.52 bits per heavy atom. The maximum Gasteiger partial charge on any atom is 0.417 e. The lowest BCUT2D eigenvalue weighted by atomic mass is 9.84. The van der Waals surface area contributed by atoms with Crippen molar-refractivity contribution < 1.29 is 21.6 Å². The van der Waals surface area contributed by atoms with Gasteiger partial charge >= 0.3 is 6.18 Å². The quantitative estimate of drug-likeness (QED) is 0.815. The minimum atomic E-state index is -4.75. The molecule has 0 aliphatic heterocycles. The van der Waals surface area contributed by atoms with Crippen LogP contribution in [0.25, 0.3) is 0 Å². The third-order valence-electron chi connectivity index (χ3n) is 3.77. The van der Waals surface area contributed by atoms with Crippen molar-refractivity contribution in [2.45, 2.75) is 44.2 Å². The first-order valence-corrected chi connectivity index (χ1v) is 9.11. The molecule has 0 aliphatic rings. The van der Waals surface area contributed by atoms with Crippen molar-refractivity contribution in [2.24, 2.45) is 0 Å². The van der Waals surface area contributed by atoms with Crippen LogP contribution in [0.1, 0.15) is 37.5 Å². The highest BCUT2D eigenvalue weighted by atomic mass is 32.2. The van der Waals surface area contributed by atoms with Gasteiger partial charge in [0.2, 0.25) is 0 Å². The van der Waals surface area contributed by atoms with Crippen LogP contribution in [-0.2, 0) is 21.6 Å². The molecule has 2 aromatic rings. The number of alkyl halides is 3. The number of benzene rings is 2. The summed E-state index contributed by atoms with van der Waals surface area (Å²) in [6, 6.07) is 9.07. The van der Waals surface area contributed by atoms with Crippen LogP contribution in [-0.4, -0.2) is 8.42 Å². The van der Waals surface area contributed by atoms with E-state index in [1.807, 2.05) is 27.7 Å². The molecule has 0 aromatic heterocycles. The largest absolute Gasteiger partial charge is 0.417 e. The van der Waals surface area contributed by atoms with Crippen molar-refractivity contribution >= 4 is 15.7 Å². The van der Waals surface area contributed by atoms with E-state index in [4.69, 9.17) is 0 Å². The molecule has 0 bridgehead atoms. The highest BCUT2D eigenvalue weighted by Gasteiger charge is 2.36. The summed E-state index contributed by atoms with van der Waals surface area (Å²) in [7, 11) is -4.36. The van der Waals surface area contributed by atoms with E-state index in [1.165, 1.54) is 6.07 Å². The fourth-order valence-corrected chi connectivity index (χ4v) is 3.99. The van der Waals surface area contributed by atoms with E-state index < -0.39 is 26.7 Å². The Bertz CT molecular complexity index is 882. The van der Waals surface area contributed by atoms with Crippen LogP contribution < -0.4 is 4.72 Å². The van der Waals surface area contributed by atoms with E-state index in [-0.39, 0.29) is 11.1 Å². The van der Waals surface area contributed by atoms with E-state index in [2.05, 4.69) is 4.72 Å². The van der Waals surface area contributed by atoms with Crippen LogP contribution >= 0.6 is 0 Å². The molecule has 0 unspecified atom stereocenters. The molecular weight excluding hydrogens is 351 g/mol. The van der Waals surface area contributed by atoms with Gasteiger partial charge < -0.3 is 0 Å². The van der Waals surface area contributed by atoms with E-state index in [9.17, 15) is 21.6 Å². The van der Waals surface area contributed by atoms with Gasteiger partial charge in [0.15, 0.2) is 0 Å². The predicted molar refractivity (Wildman–Crippen MR) is 92.1 cm³/mol. The van der Waals surface area contributed by atoms with Gasteiger partial charge in [0.1, 0.15) is 0 Å². The summed E-state index contributed by atoms with van der Waals surface area (Å²) in [4.78, 5) is -0.792. The summed E-state index contributed by atoms with van der Waals surface area (Å²) in [5.74, 6) is 0. The lowest BCUT2D eigenvalue weighted by Gasteiger charge is -2.22. The van der Waals surface area contributed by atoms with Crippen LogP contribution in [0.3, 0.4) is 0 Å². The van der Waals surface area contributed by atoms with Crippen LogP contribution in [0.4, 0.5) is 18.9 Å². The number of aryl methyl sites for hydroxylation is 1. The molecule has 0 radical (unpaired) electrons. The first-order chi connectivity index (χ1) is 11.3. The number of rotatable bonds is 3. The summed E-state index contributed by atoms with van der Waals surface area (Å²) >= 11 is 0. The molecule has 0 fully saturated rings. The first kappa shape index (κ1) is 19.3. The van der Waals surface area contributed by atoms with Crippen molar-refractivity contribution in [1.82, 2.24) is 0 Å². The third-order valence-corrected chi connectivity index (χ3v) is 5.21. The fraction of sp³-hybridized carbons (Fsp3) is 0.333. The molecule has 0 atom stereocenters. The molecule has 0 heterocycles. The third kappa shape index (κ3) is 4.34. The molecule has 136 valence electrons. The van der Waals surface area contributed by atoms with Gasteiger partial charge in [-0.1, -0.05) is 39.0 Å². The summed E-state index contributed by atoms with van der Waals surface area (Å²) in [5.41, 5.74) is 0.806. The Kier molecular flexibility index (Phi) is 4.92. The van der Waals surface area contributed by atoms with Crippen molar-refractivity contribution in [2.75, 3.05) is 4.72 Å². The molecule has 2 rings (SSSR count). The molecule has 3 nitrogen and oxygen atoms in total. The van der Waals surface area contributed by atoms with Crippen molar-refractivity contribution in [3.05, 3.63) is 59.2 Å². The van der Waals surface area contributed by atoms with Gasteiger partial charge in [0.25, 0.3) is 10.0 Å². The van der Waals surface area contributed by atoms with Gasteiger partial charge in [-0.3, -0.25) is 4.72 Å².